The maximum atomic E-state index is 12.2. The molecule has 5 nitrogen and oxygen atoms in total. The van der Waals surface area contributed by atoms with Crippen LogP contribution in [0, 0.1) is 6.92 Å². The Balaban J connectivity index is 2.17. The van der Waals surface area contributed by atoms with Crippen molar-refractivity contribution in [2.75, 3.05) is 0 Å². The Morgan fingerprint density at radius 1 is 1.35 bits per heavy atom. The van der Waals surface area contributed by atoms with Crippen LogP contribution in [0.15, 0.2) is 44.3 Å². The van der Waals surface area contributed by atoms with E-state index < -0.39 is 10.0 Å². The molecule has 0 spiro atoms. The van der Waals surface area contributed by atoms with Crippen molar-refractivity contribution in [3.63, 3.8) is 0 Å². The van der Waals surface area contributed by atoms with Gasteiger partial charge in [-0.05, 0) is 28.4 Å². The molecule has 0 saturated heterocycles. The van der Waals surface area contributed by atoms with Gasteiger partial charge in [0.05, 0.1) is 6.54 Å². The van der Waals surface area contributed by atoms with Crippen LogP contribution in [0.1, 0.15) is 16.9 Å². The van der Waals surface area contributed by atoms with Crippen molar-refractivity contribution < 1.29 is 12.8 Å². The number of aryl methyl sites for hydroxylation is 1. The number of furan rings is 1. The molecule has 0 unspecified atom stereocenters. The molecule has 108 valence electrons. The van der Waals surface area contributed by atoms with Gasteiger partial charge in [-0.25, -0.2) is 13.1 Å². The summed E-state index contributed by atoms with van der Waals surface area (Å²) in [5, 5.41) is 0. The largest absolute Gasteiger partial charge is 0.452 e. The molecule has 0 aliphatic rings. The Morgan fingerprint density at radius 2 is 2.10 bits per heavy atom. The molecule has 0 atom stereocenters. The number of benzene rings is 1. The normalized spacial score (nSPS) is 11.8. The first-order valence-corrected chi connectivity index (χ1v) is 8.23. The Morgan fingerprint density at radius 3 is 2.70 bits per heavy atom. The summed E-state index contributed by atoms with van der Waals surface area (Å²) in [6, 6.07) is 9.06. The molecule has 2 aromatic rings. The van der Waals surface area contributed by atoms with E-state index in [-0.39, 0.29) is 22.7 Å². The minimum absolute atomic E-state index is 0.0607. The van der Waals surface area contributed by atoms with Crippen LogP contribution >= 0.6 is 15.9 Å². The number of sulfonamides is 1. The van der Waals surface area contributed by atoms with Crippen molar-refractivity contribution in [1.29, 1.82) is 0 Å². The number of nitrogens with two attached hydrogens (primary N) is 1. The van der Waals surface area contributed by atoms with Gasteiger partial charge in [0.1, 0.15) is 10.7 Å². The maximum absolute atomic E-state index is 12.2. The molecule has 1 aromatic carbocycles. The number of halogens is 1. The van der Waals surface area contributed by atoms with Gasteiger partial charge in [-0.2, -0.15) is 0 Å². The van der Waals surface area contributed by atoms with Crippen LogP contribution in [-0.4, -0.2) is 8.42 Å². The second kappa shape index (κ2) is 6.09. The van der Waals surface area contributed by atoms with Crippen molar-refractivity contribution in [2.45, 2.75) is 24.9 Å². The Bertz CT molecular complexity index is 710. The predicted octanol–water partition coefficient (Wildman–Crippen LogP) is 2.29. The van der Waals surface area contributed by atoms with E-state index >= 15 is 0 Å². The molecule has 1 aromatic heterocycles. The third-order valence-corrected chi connectivity index (χ3v) is 5.00. The fraction of sp³-hybridized carbons (Fsp3) is 0.231. The summed E-state index contributed by atoms with van der Waals surface area (Å²) in [6.45, 7) is 2.32. The summed E-state index contributed by atoms with van der Waals surface area (Å²) >= 11 is 3.09. The van der Waals surface area contributed by atoms with E-state index in [0.29, 0.717) is 5.76 Å². The van der Waals surface area contributed by atoms with E-state index in [2.05, 4.69) is 20.7 Å². The molecular formula is C13H15BrN2O3S. The van der Waals surface area contributed by atoms with Gasteiger partial charge >= 0.3 is 0 Å². The Kier molecular flexibility index (Phi) is 4.64. The standard InChI is InChI=1S/C13H15BrN2O3S/c1-9-3-2-4-10(5-9)8-16-20(17,18)12-6-11(7-15)19-13(12)14/h2-6,16H,7-8,15H2,1H3. The first-order valence-electron chi connectivity index (χ1n) is 5.96. The van der Waals surface area contributed by atoms with Crippen LogP contribution in [0.2, 0.25) is 0 Å². The van der Waals surface area contributed by atoms with Crippen LogP contribution < -0.4 is 10.5 Å². The van der Waals surface area contributed by atoms with Gasteiger partial charge in [0, 0.05) is 12.6 Å². The highest BCUT2D eigenvalue weighted by Gasteiger charge is 2.21. The lowest BCUT2D eigenvalue weighted by molar-refractivity contribution is 0.483. The SMILES string of the molecule is Cc1cccc(CNS(=O)(=O)c2cc(CN)oc2Br)c1. The molecule has 0 fully saturated rings. The van der Waals surface area contributed by atoms with Gasteiger partial charge in [0.15, 0.2) is 4.67 Å². The second-order valence-corrected chi connectivity index (χ2v) is 6.82. The van der Waals surface area contributed by atoms with Crippen LogP contribution in [0.5, 0.6) is 0 Å². The summed E-state index contributed by atoms with van der Waals surface area (Å²) < 4.78 is 32.3. The van der Waals surface area contributed by atoms with Crippen molar-refractivity contribution in [2.24, 2.45) is 5.73 Å². The van der Waals surface area contributed by atoms with Crippen LogP contribution in [0.25, 0.3) is 0 Å². The molecule has 1 heterocycles. The second-order valence-electron chi connectivity index (χ2n) is 4.37. The van der Waals surface area contributed by atoms with Gasteiger partial charge in [-0.3, -0.25) is 0 Å². The van der Waals surface area contributed by atoms with E-state index in [1.807, 2.05) is 31.2 Å². The number of hydrogen-bond donors (Lipinski definition) is 2. The fourth-order valence-corrected chi connectivity index (χ4v) is 3.77. The van der Waals surface area contributed by atoms with Crippen LogP contribution in [0.3, 0.4) is 0 Å². The molecule has 0 saturated carbocycles. The average Bonchev–Trinajstić information content (AvgIpc) is 2.79. The number of nitrogens with one attached hydrogen (secondary N) is 1. The maximum Gasteiger partial charge on any atom is 0.245 e. The lowest BCUT2D eigenvalue weighted by Crippen LogP contribution is -2.23. The van der Waals surface area contributed by atoms with Gasteiger partial charge < -0.3 is 10.2 Å². The summed E-state index contributed by atoms with van der Waals surface area (Å²) in [7, 11) is -3.64. The molecular weight excluding hydrogens is 344 g/mol. The molecule has 20 heavy (non-hydrogen) atoms. The third-order valence-electron chi connectivity index (χ3n) is 2.75. The summed E-state index contributed by atoms with van der Waals surface area (Å²) in [4.78, 5) is 0.0607. The number of rotatable bonds is 5. The summed E-state index contributed by atoms with van der Waals surface area (Å²) in [6.07, 6.45) is 0. The molecule has 7 heteroatoms. The third kappa shape index (κ3) is 3.49. The van der Waals surface area contributed by atoms with Crippen LogP contribution in [-0.2, 0) is 23.1 Å². The van der Waals surface area contributed by atoms with Gasteiger partial charge in [-0.1, -0.05) is 29.8 Å². The smallest absolute Gasteiger partial charge is 0.245 e. The lowest BCUT2D eigenvalue weighted by Gasteiger charge is -2.06. The summed E-state index contributed by atoms with van der Waals surface area (Å²) in [5.74, 6) is 0.410. The predicted molar refractivity (Wildman–Crippen MR) is 79.5 cm³/mol. The van der Waals surface area contributed by atoms with Crippen LogP contribution in [0.4, 0.5) is 0 Å². The fourth-order valence-electron chi connectivity index (χ4n) is 1.76. The minimum atomic E-state index is -3.64. The van der Waals surface area contributed by atoms with E-state index in [1.54, 1.807) is 0 Å². The molecule has 0 aliphatic heterocycles. The zero-order valence-corrected chi connectivity index (χ0v) is 13.3. The first-order chi connectivity index (χ1) is 9.42. The van der Waals surface area contributed by atoms with Gasteiger partial charge in [0.25, 0.3) is 0 Å². The molecule has 0 radical (unpaired) electrons. The van der Waals surface area contributed by atoms with E-state index in [0.717, 1.165) is 11.1 Å². The highest BCUT2D eigenvalue weighted by Crippen LogP contribution is 2.25. The van der Waals surface area contributed by atoms with Crippen molar-refractivity contribution in [3.8, 4) is 0 Å². The molecule has 0 aliphatic carbocycles. The topological polar surface area (TPSA) is 85.3 Å². The van der Waals surface area contributed by atoms with E-state index in [1.165, 1.54) is 6.07 Å². The monoisotopic (exact) mass is 358 g/mol. The molecule has 0 amide bonds. The van der Waals surface area contributed by atoms with Crippen molar-refractivity contribution in [1.82, 2.24) is 4.72 Å². The Labute approximate surface area is 126 Å². The lowest BCUT2D eigenvalue weighted by atomic mass is 10.1. The van der Waals surface area contributed by atoms with Crippen molar-refractivity contribution in [3.05, 3.63) is 51.9 Å². The first kappa shape index (κ1) is 15.2. The molecule has 2 rings (SSSR count). The minimum Gasteiger partial charge on any atom is -0.452 e. The molecule has 3 N–H and O–H groups in total. The average molecular weight is 359 g/mol. The highest BCUT2D eigenvalue weighted by atomic mass is 79.9. The summed E-state index contributed by atoms with van der Waals surface area (Å²) in [5.41, 5.74) is 7.40. The Hall–Kier alpha value is -1.15. The zero-order valence-electron chi connectivity index (χ0n) is 10.9. The quantitative estimate of drug-likeness (QED) is 0.858. The van der Waals surface area contributed by atoms with Crippen molar-refractivity contribution >= 4 is 26.0 Å². The number of hydrogen-bond acceptors (Lipinski definition) is 4. The highest BCUT2D eigenvalue weighted by molar-refractivity contribution is 9.10. The van der Waals surface area contributed by atoms with Gasteiger partial charge in [-0.15, -0.1) is 0 Å². The zero-order chi connectivity index (χ0) is 14.8. The van der Waals surface area contributed by atoms with E-state index in [4.69, 9.17) is 10.2 Å². The van der Waals surface area contributed by atoms with Gasteiger partial charge in [0.2, 0.25) is 10.0 Å². The molecule has 0 bridgehead atoms. The van der Waals surface area contributed by atoms with E-state index in [9.17, 15) is 8.42 Å².